The Hall–Kier alpha value is -1.24. The van der Waals surface area contributed by atoms with Gasteiger partial charge in [-0.15, -0.1) is 11.3 Å². The summed E-state index contributed by atoms with van der Waals surface area (Å²) >= 11 is 1.69. The lowest BCUT2D eigenvalue weighted by Gasteiger charge is -2.30. The van der Waals surface area contributed by atoms with E-state index in [4.69, 9.17) is 9.84 Å². The molecular formula is C14H19N3O2S. The molecule has 108 valence electrons. The van der Waals surface area contributed by atoms with Gasteiger partial charge in [0.15, 0.2) is 0 Å². The molecule has 0 saturated carbocycles. The first kappa shape index (κ1) is 13.7. The third-order valence-electron chi connectivity index (χ3n) is 3.49. The summed E-state index contributed by atoms with van der Waals surface area (Å²) < 4.78 is 5.87. The second-order valence-electron chi connectivity index (χ2n) is 5.64. The Labute approximate surface area is 122 Å². The summed E-state index contributed by atoms with van der Waals surface area (Å²) in [6.45, 7) is 5.78. The summed E-state index contributed by atoms with van der Waals surface area (Å²) in [6.07, 6.45) is 3.19. The first-order chi connectivity index (χ1) is 9.61. The van der Waals surface area contributed by atoms with Crippen LogP contribution in [0.5, 0.6) is 0 Å². The first-order valence-corrected chi connectivity index (χ1v) is 7.66. The molecule has 1 aliphatic heterocycles. The molecule has 2 aromatic heterocycles. The Bertz CT molecular complexity index is 624. The Kier molecular flexibility index (Phi) is 3.62. The molecule has 3 heterocycles. The van der Waals surface area contributed by atoms with E-state index < -0.39 is 0 Å². The van der Waals surface area contributed by atoms with E-state index in [0.29, 0.717) is 19.6 Å². The maximum absolute atomic E-state index is 8.89. The molecule has 0 fully saturated rings. The maximum atomic E-state index is 8.89. The van der Waals surface area contributed by atoms with Crippen molar-refractivity contribution >= 4 is 27.4 Å². The van der Waals surface area contributed by atoms with E-state index in [9.17, 15) is 0 Å². The maximum Gasteiger partial charge on any atom is 0.138 e. The van der Waals surface area contributed by atoms with Gasteiger partial charge in [-0.2, -0.15) is 0 Å². The number of anilines is 1. The zero-order chi connectivity index (χ0) is 14.2. The van der Waals surface area contributed by atoms with Crippen LogP contribution in [-0.2, 0) is 17.8 Å². The highest BCUT2D eigenvalue weighted by Crippen LogP contribution is 2.40. The average Bonchev–Trinajstić information content (AvgIpc) is 2.76. The van der Waals surface area contributed by atoms with Crippen molar-refractivity contribution in [2.24, 2.45) is 0 Å². The number of hydrogen-bond acceptors (Lipinski definition) is 6. The molecule has 0 unspecified atom stereocenters. The molecule has 2 aromatic rings. The molecule has 3 rings (SSSR count). The monoisotopic (exact) mass is 293 g/mol. The summed E-state index contributed by atoms with van der Waals surface area (Å²) in [5.74, 6) is 0.874. The summed E-state index contributed by atoms with van der Waals surface area (Å²) in [6, 6.07) is 0. The van der Waals surface area contributed by atoms with E-state index in [0.717, 1.165) is 22.5 Å². The van der Waals surface area contributed by atoms with Crippen LogP contribution in [0.25, 0.3) is 10.2 Å². The molecule has 2 N–H and O–H groups in total. The van der Waals surface area contributed by atoms with E-state index in [-0.39, 0.29) is 12.2 Å². The standard InChI is InChI=1S/C14H19N3O2S/c1-14(2)6-9-10(7-19-14)20-13-11(9)12(16-8-17-13)15-4-3-5-18/h8,18H,3-7H2,1-2H3,(H,15,16,17). The van der Waals surface area contributed by atoms with Crippen LogP contribution in [0.2, 0.25) is 0 Å². The largest absolute Gasteiger partial charge is 0.396 e. The van der Waals surface area contributed by atoms with Gasteiger partial charge in [0.25, 0.3) is 0 Å². The number of aliphatic hydroxyl groups is 1. The Morgan fingerprint density at radius 3 is 3.10 bits per heavy atom. The number of nitrogens with zero attached hydrogens (tertiary/aromatic N) is 2. The van der Waals surface area contributed by atoms with Crippen molar-refractivity contribution < 1.29 is 9.84 Å². The van der Waals surface area contributed by atoms with Crippen LogP contribution in [0.4, 0.5) is 5.82 Å². The second-order valence-corrected chi connectivity index (χ2v) is 6.72. The summed E-state index contributed by atoms with van der Waals surface area (Å²) in [5, 5.41) is 13.3. The predicted octanol–water partition coefficient (Wildman–Crippen LogP) is 2.34. The van der Waals surface area contributed by atoms with Crippen molar-refractivity contribution in [2.75, 3.05) is 18.5 Å². The third-order valence-corrected chi connectivity index (χ3v) is 4.61. The van der Waals surface area contributed by atoms with Crippen LogP contribution < -0.4 is 5.32 Å². The molecule has 1 aliphatic rings. The van der Waals surface area contributed by atoms with Gasteiger partial charge < -0.3 is 15.2 Å². The highest BCUT2D eigenvalue weighted by atomic mass is 32.1. The number of fused-ring (bicyclic) bond motifs is 3. The van der Waals surface area contributed by atoms with Crippen LogP contribution >= 0.6 is 11.3 Å². The SMILES string of the molecule is CC1(C)Cc2c(sc3ncnc(NCCCO)c23)CO1. The van der Waals surface area contributed by atoms with Gasteiger partial charge in [-0.25, -0.2) is 9.97 Å². The van der Waals surface area contributed by atoms with Crippen molar-refractivity contribution in [3.63, 3.8) is 0 Å². The molecule has 0 spiro atoms. The van der Waals surface area contributed by atoms with Gasteiger partial charge in [-0.05, 0) is 25.8 Å². The smallest absolute Gasteiger partial charge is 0.138 e. The highest BCUT2D eigenvalue weighted by molar-refractivity contribution is 7.18. The minimum absolute atomic E-state index is 0.140. The van der Waals surface area contributed by atoms with Crippen LogP contribution in [-0.4, -0.2) is 33.8 Å². The van der Waals surface area contributed by atoms with Crippen molar-refractivity contribution in [3.05, 3.63) is 16.8 Å². The van der Waals surface area contributed by atoms with Gasteiger partial charge in [0.05, 0.1) is 17.6 Å². The highest BCUT2D eigenvalue weighted by Gasteiger charge is 2.30. The molecule has 0 amide bonds. The van der Waals surface area contributed by atoms with Gasteiger partial charge >= 0.3 is 0 Å². The van der Waals surface area contributed by atoms with Crippen molar-refractivity contribution in [3.8, 4) is 0 Å². The quantitative estimate of drug-likeness (QED) is 0.847. The fourth-order valence-electron chi connectivity index (χ4n) is 2.50. The minimum atomic E-state index is -0.140. The third kappa shape index (κ3) is 2.51. The molecular weight excluding hydrogens is 274 g/mol. The van der Waals surface area contributed by atoms with Crippen molar-refractivity contribution in [1.82, 2.24) is 9.97 Å². The van der Waals surface area contributed by atoms with Crippen molar-refractivity contribution in [2.45, 2.75) is 38.9 Å². The Morgan fingerprint density at radius 2 is 2.30 bits per heavy atom. The van der Waals surface area contributed by atoms with Crippen LogP contribution in [0, 0.1) is 0 Å². The molecule has 0 aromatic carbocycles. The molecule has 0 bridgehead atoms. The van der Waals surface area contributed by atoms with Crippen molar-refractivity contribution in [1.29, 1.82) is 0 Å². The second kappa shape index (κ2) is 5.27. The van der Waals surface area contributed by atoms with Gasteiger partial charge in [-0.3, -0.25) is 0 Å². The van der Waals surface area contributed by atoms with E-state index in [2.05, 4.69) is 29.1 Å². The van der Waals surface area contributed by atoms with Gasteiger partial charge in [0, 0.05) is 24.4 Å². The lowest BCUT2D eigenvalue weighted by Crippen LogP contribution is -2.31. The Balaban J connectivity index is 2.02. The summed E-state index contributed by atoms with van der Waals surface area (Å²) in [5.41, 5.74) is 1.17. The van der Waals surface area contributed by atoms with E-state index in [1.165, 1.54) is 10.4 Å². The Morgan fingerprint density at radius 1 is 1.45 bits per heavy atom. The summed E-state index contributed by atoms with van der Waals surface area (Å²) in [7, 11) is 0. The van der Waals surface area contributed by atoms with E-state index in [1.807, 2.05) is 0 Å². The van der Waals surface area contributed by atoms with E-state index in [1.54, 1.807) is 17.7 Å². The number of thiophene rings is 1. The van der Waals surface area contributed by atoms with E-state index >= 15 is 0 Å². The van der Waals surface area contributed by atoms with Crippen LogP contribution in [0.15, 0.2) is 6.33 Å². The predicted molar refractivity (Wildman–Crippen MR) is 80.2 cm³/mol. The molecule has 0 saturated heterocycles. The lowest BCUT2D eigenvalue weighted by molar-refractivity contribution is -0.0379. The topological polar surface area (TPSA) is 67.3 Å². The number of ether oxygens (including phenoxy) is 1. The van der Waals surface area contributed by atoms with Gasteiger partial charge in [-0.1, -0.05) is 0 Å². The number of aliphatic hydroxyl groups excluding tert-OH is 1. The van der Waals surface area contributed by atoms with Gasteiger partial charge in [0.1, 0.15) is 17.0 Å². The fraction of sp³-hybridized carbons (Fsp3) is 0.571. The molecule has 0 atom stereocenters. The average molecular weight is 293 g/mol. The minimum Gasteiger partial charge on any atom is -0.396 e. The molecule has 20 heavy (non-hydrogen) atoms. The lowest BCUT2D eigenvalue weighted by atomic mass is 9.94. The zero-order valence-corrected chi connectivity index (χ0v) is 12.6. The van der Waals surface area contributed by atoms with Crippen LogP contribution in [0.1, 0.15) is 30.7 Å². The zero-order valence-electron chi connectivity index (χ0n) is 11.8. The molecule has 0 aliphatic carbocycles. The molecule has 0 radical (unpaired) electrons. The number of hydrogen-bond donors (Lipinski definition) is 2. The number of rotatable bonds is 4. The summed E-state index contributed by atoms with van der Waals surface area (Å²) in [4.78, 5) is 11.0. The fourth-order valence-corrected chi connectivity index (χ4v) is 3.57. The molecule has 6 heteroatoms. The number of nitrogens with one attached hydrogen (secondary N) is 1. The first-order valence-electron chi connectivity index (χ1n) is 6.85. The number of aromatic nitrogens is 2. The normalized spacial score (nSPS) is 17.1. The van der Waals surface area contributed by atoms with Crippen LogP contribution in [0.3, 0.4) is 0 Å². The van der Waals surface area contributed by atoms with Gasteiger partial charge in [0.2, 0.25) is 0 Å². The molecule has 5 nitrogen and oxygen atoms in total.